The molecule has 1 aliphatic rings. The van der Waals surface area contributed by atoms with Crippen LogP contribution in [0.2, 0.25) is 0 Å². The third-order valence-corrected chi connectivity index (χ3v) is 6.62. The molecule has 0 aliphatic carbocycles. The molecule has 0 saturated carbocycles. The monoisotopic (exact) mass is 501 g/mol. The third kappa shape index (κ3) is 6.14. The number of anilines is 1. The number of aromatic nitrogens is 2. The van der Waals surface area contributed by atoms with Gasteiger partial charge in [0.15, 0.2) is 5.03 Å². The van der Waals surface area contributed by atoms with Crippen molar-refractivity contribution in [3.63, 3.8) is 0 Å². The SMILES string of the molecule is CC1(C)C[C@H](CCC(Nc2cccc(S(N)(=O)=O)n2)c2cccc(C(F)(F)F)n2)CN1C(=O)O. The maximum Gasteiger partial charge on any atom is 0.433 e. The van der Waals surface area contributed by atoms with E-state index in [9.17, 15) is 31.5 Å². The van der Waals surface area contributed by atoms with Crippen molar-refractivity contribution >= 4 is 21.9 Å². The van der Waals surface area contributed by atoms with Gasteiger partial charge in [-0.25, -0.2) is 28.3 Å². The number of nitrogens with one attached hydrogen (secondary N) is 1. The molecule has 34 heavy (non-hydrogen) atoms. The van der Waals surface area contributed by atoms with Crippen LogP contribution in [-0.4, -0.2) is 46.6 Å². The number of hydrogen-bond donors (Lipinski definition) is 3. The first-order chi connectivity index (χ1) is 15.7. The lowest BCUT2D eigenvalue weighted by atomic mass is 9.91. The van der Waals surface area contributed by atoms with E-state index in [0.717, 1.165) is 6.07 Å². The molecular formula is C21H26F3N5O4S. The molecule has 1 unspecified atom stereocenters. The second kappa shape index (κ2) is 9.37. The van der Waals surface area contributed by atoms with Crippen molar-refractivity contribution in [1.29, 1.82) is 0 Å². The van der Waals surface area contributed by atoms with Crippen molar-refractivity contribution in [2.24, 2.45) is 11.1 Å². The number of amides is 1. The summed E-state index contributed by atoms with van der Waals surface area (Å²) >= 11 is 0. The molecule has 1 amide bonds. The van der Waals surface area contributed by atoms with Gasteiger partial charge < -0.3 is 15.3 Å². The van der Waals surface area contributed by atoms with Crippen molar-refractivity contribution in [2.75, 3.05) is 11.9 Å². The topological polar surface area (TPSA) is 139 Å². The van der Waals surface area contributed by atoms with Crippen LogP contribution in [0.5, 0.6) is 0 Å². The summed E-state index contributed by atoms with van der Waals surface area (Å²) < 4.78 is 63.0. The number of primary sulfonamides is 1. The van der Waals surface area contributed by atoms with E-state index in [4.69, 9.17) is 5.14 Å². The van der Waals surface area contributed by atoms with Crippen LogP contribution in [-0.2, 0) is 16.2 Å². The predicted molar refractivity (Wildman–Crippen MR) is 117 cm³/mol. The van der Waals surface area contributed by atoms with Crippen LogP contribution in [0, 0.1) is 5.92 Å². The Morgan fingerprint density at radius 2 is 1.94 bits per heavy atom. The highest BCUT2D eigenvalue weighted by atomic mass is 32.2. The molecule has 9 nitrogen and oxygen atoms in total. The Morgan fingerprint density at radius 1 is 1.26 bits per heavy atom. The number of alkyl halides is 3. The van der Waals surface area contributed by atoms with E-state index < -0.39 is 39.6 Å². The molecule has 1 saturated heterocycles. The molecule has 0 aromatic carbocycles. The summed E-state index contributed by atoms with van der Waals surface area (Å²) in [5, 5.41) is 17.2. The summed E-state index contributed by atoms with van der Waals surface area (Å²) in [4.78, 5) is 20.6. The molecule has 4 N–H and O–H groups in total. The minimum Gasteiger partial charge on any atom is -0.465 e. The van der Waals surface area contributed by atoms with Crippen molar-refractivity contribution in [1.82, 2.24) is 14.9 Å². The van der Waals surface area contributed by atoms with Crippen LogP contribution >= 0.6 is 0 Å². The maximum absolute atomic E-state index is 13.2. The average molecular weight is 502 g/mol. The Bertz CT molecular complexity index is 1160. The highest BCUT2D eigenvalue weighted by Crippen LogP contribution is 2.37. The van der Waals surface area contributed by atoms with Gasteiger partial charge in [0, 0.05) is 12.1 Å². The van der Waals surface area contributed by atoms with Gasteiger partial charge in [0.1, 0.15) is 11.5 Å². The first-order valence-corrected chi connectivity index (χ1v) is 12.0. The van der Waals surface area contributed by atoms with Crippen LogP contribution in [0.1, 0.15) is 50.5 Å². The lowest BCUT2D eigenvalue weighted by Crippen LogP contribution is -2.41. The third-order valence-electron chi connectivity index (χ3n) is 5.81. The molecular weight excluding hydrogens is 475 g/mol. The molecule has 2 aromatic heterocycles. The van der Waals surface area contributed by atoms with Crippen LogP contribution in [0.25, 0.3) is 0 Å². The van der Waals surface area contributed by atoms with Crippen LogP contribution in [0.15, 0.2) is 41.4 Å². The molecule has 0 bridgehead atoms. The van der Waals surface area contributed by atoms with Crippen molar-refractivity contribution in [3.8, 4) is 0 Å². The zero-order valence-electron chi connectivity index (χ0n) is 18.6. The van der Waals surface area contributed by atoms with E-state index in [2.05, 4.69) is 15.3 Å². The Labute approximate surface area is 195 Å². The Hall–Kier alpha value is -2.93. The lowest BCUT2D eigenvalue weighted by molar-refractivity contribution is -0.141. The van der Waals surface area contributed by atoms with E-state index in [1.807, 2.05) is 13.8 Å². The second-order valence-corrected chi connectivity index (χ2v) is 10.4. The number of pyridine rings is 2. The molecule has 2 atom stereocenters. The minimum atomic E-state index is -4.64. The highest BCUT2D eigenvalue weighted by molar-refractivity contribution is 7.89. The number of nitrogens with two attached hydrogens (primary N) is 1. The fourth-order valence-electron chi connectivity index (χ4n) is 4.25. The Balaban J connectivity index is 1.87. The zero-order valence-corrected chi connectivity index (χ0v) is 19.4. The summed E-state index contributed by atoms with van der Waals surface area (Å²) in [5.74, 6) is 0.0968. The van der Waals surface area contributed by atoms with Crippen molar-refractivity contribution in [2.45, 2.75) is 55.9 Å². The number of hydrogen-bond acceptors (Lipinski definition) is 6. The lowest BCUT2D eigenvalue weighted by Gasteiger charge is -2.28. The fraction of sp³-hybridized carbons (Fsp3) is 0.476. The van der Waals surface area contributed by atoms with Crippen LogP contribution in [0.3, 0.4) is 0 Å². The number of halogens is 3. The van der Waals surface area contributed by atoms with Gasteiger partial charge in [0.2, 0.25) is 0 Å². The summed E-state index contributed by atoms with van der Waals surface area (Å²) in [5.41, 5.74) is -1.51. The molecule has 0 radical (unpaired) electrons. The molecule has 13 heteroatoms. The van der Waals surface area contributed by atoms with E-state index in [1.54, 1.807) is 0 Å². The largest absolute Gasteiger partial charge is 0.465 e. The first-order valence-electron chi connectivity index (χ1n) is 10.5. The zero-order chi connectivity index (χ0) is 25.3. The van der Waals surface area contributed by atoms with Gasteiger partial charge in [-0.15, -0.1) is 0 Å². The standard InChI is InChI=1S/C21H26F3N5O4S/c1-20(2)11-13(12-29(20)19(30)31)9-10-15(14-5-3-6-16(26-14)21(22,23)24)27-17-7-4-8-18(28-17)34(25,32)33/h3-8,13,15H,9-12H2,1-2H3,(H,27,28)(H,30,31)(H2,25,32,33)/t13-,15?/m0/s1. The number of sulfonamides is 1. The normalized spacial score (nSPS) is 19.1. The molecule has 3 heterocycles. The summed E-state index contributed by atoms with van der Waals surface area (Å²) in [6.45, 7) is 3.96. The minimum absolute atomic E-state index is 0.00934. The summed E-state index contributed by atoms with van der Waals surface area (Å²) in [6, 6.07) is 6.91. The molecule has 186 valence electrons. The number of carboxylic acid groups (broad SMARTS) is 1. The highest BCUT2D eigenvalue weighted by Gasteiger charge is 2.41. The van der Waals surface area contributed by atoms with Crippen LogP contribution < -0.4 is 10.5 Å². The van der Waals surface area contributed by atoms with Crippen molar-refractivity contribution < 1.29 is 31.5 Å². The number of nitrogens with zero attached hydrogens (tertiary/aromatic N) is 3. The number of carbonyl (C=O) groups is 1. The van der Waals surface area contributed by atoms with E-state index in [1.165, 1.54) is 35.2 Å². The summed E-state index contributed by atoms with van der Waals surface area (Å²) in [6.07, 6.45) is -4.25. The molecule has 1 aliphatic heterocycles. The molecule has 2 aromatic rings. The van der Waals surface area contributed by atoms with E-state index >= 15 is 0 Å². The second-order valence-electron chi connectivity index (χ2n) is 8.90. The average Bonchev–Trinajstić information content (AvgIpc) is 3.04. The molecule has 0 spiro atoms. The molecule has 1 fully saturated rings. The van der Waals surface area contributed by atoms with Gasteiger partial charge in [0.05, 0.1) is 11.7 Å². The molecule has 3 rings (SSSR count). The fourth-order valence-corrected chi connectivity index (χ4v) is 4.74. The van der Waals surface area contributed by atoms with E-state index in [-0.39, 0.29) is 22.5 Å². The van der Waals surface area contributed by atoms with Gasteiger partial charge >= 0.3 is 12.3 Å². The van der Waals surface area contributed by atoms with Gasteiger partial charge in [-0.3, -0.25) is 0 Å². The maximum atomic E-state index is 13.2. The first kappa shape index (κ1) is 25.7. The van der Waals surface area contributed by atoms with Gasteiger partial charge in [-0.2, -0.15) is 13.2 Å². The van der Waals surface area contributed by atoms with Crippen molar-refractivity contribution in [3.05, 3.63) is 47.8 Å². The van der Waals surface area contributed by atoms with Crippen LogP contribution in [0.4, 0.5) is 23.8 Å². The quantitative estimate of drug-likeness (QED) is 0.524. The number of rotatable bonds is 7. The smallest absolute Gasteiger partial charge is 0.433 e. The van der Waals surface area contributed by atoms with Gasteiger partial charge in [-0.05, 0) is 63.3 Å². The number of likely N-dealkylation sites (tertiary alicyclic amines) is 1. The predicted octanol–water partition coefficient (Wildman–Crippen LogP) is 3.85. The van der Waals surface area contributed by atoms with Gasteiger partial charge in [-0.1, -0.05) is 12.1 Å². The van der Waals surface area contributed by atoms with E-state index in [0.29, 0.717) is 25.8 Å². The summed E-state index contributed by atoms with van der Waals surface area (Å²) in [7, 11) is -4.08. The van der Waals surface area contributed by atoms with Gasteiger partial charge in [0.25, 0.3) is 10.0 Å². The Kier molecular flexibility index (Phi) is 7.08. The Morgan fingerprint density at radius 3 is 2.53 bits per heavy atom.